The van der Waals surface area contributed by atoms with Gasteiger partial charge in [0.2, 0.25) is 5.91 Å². The zero-order chi connectivity index (χ0) is 15.0. The van der Waals surface area contributed by atoms with Crippen molar-refractivity contribution < 1.29 is 14.3 Å². The van der Waals surface area contributed by atoms with Crippen LogP contribution in [-0.4, -0.2) is 29.1 Å². The number of thiazole rings is 1. The Bertz CT molecular complexity index is 427. The van der Waals surface area contributed by atoms with Gasteiger partial charge < -0.3 is 15.4 Å². The molecule has 0 saturated carbocycles. The van der Waals surface area contributed by atoms with E-state index in [2.05, 4.69) is 15.6 Å². The molecular formula is C13H21N3O3S. The van der Waals surface area contributed by atoms with Crippen LogP contribution in [0.3, 0.4) is 0 Å². The van der Waals surface area contributed by atoms with E-state index in [1.165, 1.54) is 11.3 Å². The molecule has 1 rings (SSSR count). The van der Waals surface area contributed by atoms with Gasteiger partial charge in [-0.15, -0.1) is 11.3 Å². The first-order valence-corrected chi connectivity index (χ1v) is 7.41. The average molecular weight is 299 g/mol. The minimum absolute atomic E-state index is 0.0581. The number of carbonyl (C=O) groups excluding carboxylic acids is 2. The van der Waals surface area contributed by atoms with Crippen molar-refractivity contribution in [1.82, 2.24) is 10.3 Å². The van der Waals surface area contributed by atoms with E-state index in [-0.39, 0.29) is 5.91 Å². The number of unbranched alkanes of at least 4 members (excludes halogenated alkanes) is 1. The quantitative estimate of drug-likeness (QED) is 0.791. The third-order valence-electron chi connectivity index (χ3n) is 2.18. The number of ether oxygens (including phenoxy) is 1. The smallest absolute Gasteiger partial charge is 0.407 e. The van der Waals surface area contributed by atoms with Crippen molar-refractivity contribution in [3.8, 4) is 0 Å². The lowest BCUT2D eigenvalue weighted by Crippen LogP contribution is -2.33. The standard InChI is InChI=1S/C13H21N3O3S/c1-13(2,3)19-12(18)15-7-5-4-6-10(17)16-11-14-8-9-20-11/h8-9H,4-7H2,1-3H3,(H,15,18)(H,14,16,17). The van der Waals surface area contributed by atoms with Gasteiger partial charge in [-0.1, -0.05) is 0 Å². The van der Waals surface area contributed by atoms with Crippen LogP contribution >= 0.6 is 11.3 Å². The van der Waals surface area contributed by atoms with Gasteiger partial charge >= 0.3 is 6.09 Å². The molecule has 112 valence electrons. The van der Waals surface area contributed by atoms with E-state index >= 15 is 0 Å². The van der Waals surface area contributed by atoms with Crippen LogP contribution in [0.4, 0.5) is 9.93 Å². The van der Waals surface area contributed by atoms with Crippen LogP contribution in [0.5, 0.6) is 0 Å². The lowest BCUT2D eigenvalue weighted by Gasteiger charge is -2.19. The number of carbonyl (C=O) groups is 2. The van der Waals surface area contributed by atoms with Gasteiger partial charge in [-0.3, -0.25) is 4.79 Å². The van der Waals surface area contributed by atoms with Crippen molar-refractivity contribution in [2.75, 3.05) is 11.9 Å². The van der Waals surface area contributed by atoms with Crippen molar-refractivity contribution >= 4 is 28.5 Å². The maximum Gasteiger partial charge on any atom is 0.407 e. The summed E-state index contributed by atoms with van der Waals surface area (Å²) in [6, 6.07) is 0. The van der Waals surface area contributed by atoms with E-state index in [4.69, 9.17) is 4.74 Å². The molecule has 0 aliphatic carbocycles. The predicted octanol–water partition coefficient (Wildman–Crippen LogP) is 2.78. The Morgan fingerprint density at radius 3 is 2.70 bits per heavy atom. The summed E-state index contributed by atoms with van der Waals surface area (Å²) in [5, 5.41) is 7.78. The molecule has 2 N–H and O–H groups in total. The highest BCUT2D eigenvalue weighted by Gasteiger charge is 2.15. The normalized spacial score (nSPS) is 10.9. The molecule has 0 fully saturated rings. The molecule has 6 nitrogen and oxygen atoms in total. The Hall–Kier alpha value is -1.63. The molecule has 7 heteroatoms. The Balaban J connectivity index is 2.04. The summed E-state index contributed by atoms with van der Waals surface area (Å²) in [4.78, 5) is 26.9. The van der Waals surface area contributed by atoms with Gasteiger partial charge in [-0.05, 0) is 33.6 Å². The largest absolute Gasteiger partial charge is 0.444 e. The SMILES string of the molecule is CC(C)(C)OC(=O)NCCCCC(=O)Nc1nccs1. The van der Waals surface area contributed by atoms with Crippen molar-refractivity contribution in [2.45, 2.75) is 45.6 Å². The minimum Gasteiger partial charge on any atom is -0.444 e. The lowest BCUT2D eigenvalue weighted by atomic mass is 10.2. The van der Waals surface area contributed by atoms with Gasteiger partial charge in [0.1, 0.15) is 5.60 Å². The highest BCUT2D eigenvalue weighted by atomic mass is 32.1. The minimum atomic E-state index is -0.488. The van der Waals surface area contributed by atoms with Crippen molar-refractivity contribution in [2.24, 2.45) is 0 Å². The summed E-state index contributed by atoms with van der Waals surface area (Å²) in [5.41, 5.74) is -0.488. The maximum atomic E-state index is 11.5. The summed E-state index contributed by atoms with van der Waals surface area (Å²) in [6.45, 7) is 5.94. The Labute approximate surface area is 122 Å². The Morgan fingerprint density at radius 1 is 1.35 bits per heavy atom. The van der Waals surface area contributed by atoms with Crippen LogP contribution < -0.4 is 10.6 Å². The molecule has 0 bridgehead atoms. The molecule has 0 aliphatic rings. The van der Waals surface area contributed by atoms with Crippen molar-refractivity contribution in [1.29, 1.82) is 0 Å². The maximum absolute atomic E-state index is 11.5. The van der Waals surface area contributed by atoms with Crippen LogP contribution in [0.15, 0.2) is 11.6 Å². The van der Waals surface area contributed by atoms with E-state index < -0.39 is 11.7 Å². The van der Waals surface area contributed by atoms with E-state index in [0.29, 0.717) is 24.5 Å². The number of amides is 2. The van der Waals surface area contributed by atoms with Crippen LogP contribution in [0.2, 0.25) is 0 Å². The molecule has 0 aliphatic heterocycles. The monoisotopic (exact) mass is 299 g/mol. The first-order valence-electron chi connectivity index (χ1n) is 6.53. The predicted molar refractivity (Wildman–Crippen MR) is 78.8 cm³/mol. The molecule has 1 aromatic heterocycles. The number of hydrogen-bond acceptors (Lipinski definition) is 5. The molecular weight excluding hydrogens is 278 g/mol. The van der Waals surface area contributed by atoms with Crippen LogP contribution in [0.1, 0.15) is 40.0 Å². The summed E-state index contributed by atoms with van der Waals surface area (Å²) < 4.78 is 5.10. The molecule has 0 radical (unpaired) electrons. The second-order valence-electron chi connectivity index (χ2n) is 5.27. The molecule has 1 heterocycles. The number of nitrogens with one attached hydrogen (secondary N) is 2. The van der Waals surface area contributed by atoms with E-state index in [1.54, 1.807) is 11.6 Å². The zero-order valence-electron chi connectivity index (χ0n) is 12.1. The van der Waals surface area contributed by atoms with Crippen LogP contribution in [-0.2, 0) is 9.53 Å². The summed E-state index contributed by atoms with van der Waals surface area (Å²) in [6.07, 6.45) is 3.06. The summed E-state index contributed by atoms with van der Waals surface area (Å²) in [5.74, 6) is -0.0581. The highest BCUT2D eigenvalue weighted by molar-refractivity contribution is 7.13. The molecule has 20 heavy (non-hydrogen) atoms. The van der Waals surface area contributed by atoms with Crippen molar-refractivity contribution in [3.63, 3.8) is 0 Å². The number of hydrogen-bond donors (Lipinski definition) is 2. The first-order chi connectivity index (χ1) is 9.37. The van der Waals surface area contributed by atoms with Gasteiger partial charge in [0.25, 0.3) is 0 Å². The molecule has 0 unspecified atom stereocenters. The number of nitrogens with zero attached hydrogens (tertiary/aromatic N) is 1. The highest BCUT2D eigenvalue weighted by Crippen LogP contribution is 2.11. The molecule has 0 saturated heterocycles. The first kappa shape index (κ1) is 16.4. The van der Waals surface area contributed by atoms with Gasteiger partial charge in [-0.2, -0.15) is 0 Å². The second kappa shape index (κ2) is 7.84. The Kier molecular flexibility index (Phi) is 6.44. The lowest BCUT2D eigenvalue weighted by molar-refractivity contribution is -0.116. The third kappa shape index (κ3) is 7.73. The molecule has 0 atom stereocenters. The number of alkyl carbamates (subject to hydrolysis) is 1. The van der Waals surface area contributed by atoms with Crippen molar-refractivity contribution in [3.05, 3.63) is 11.6 Å². The fourth-order valence-corrected chi connectivity index (χ4v) is 1.93. The molecule has 1 aromatic rings. The van der Waals surface area contributed by atoms with Gasteiger partial charge in [0, 0.05) is 24.5 Å². The van der Waals surface area contributed by atoms with E-state index in [1.807, 2.05) is 20.8 Å². The molecule has 2 amide bonds. The average Bonchev–Trinajstić information content (AvgIpc) is 2.78. The summed E-state index contributed by atoms with van der Waals surface area (Å²) in [7, 11) is 0. The Morgan fingerprint density at radius 2 is 2.10 bits per heavy atom. The van der Waals surface area contributed by atoms with Crippen LogP contribution in [0, 0.1) is 0 Å². The zero-order valence-corrected chi connectivity index (χ0v) is 12.9. The number of rotatable bonds is 6. The topological polar surface area (TPSA) is 80.3 Å². The third-order valence-corrected chi connectivity index (χ3v) is 2.87. The van der Waals surface area contributed by atoms with Crippen LogP contribution in [0.25, 0.3) is 0 Å². The molecule has 0 aromatic carbocycles. The van der Waals surface area contributed by atoms with Gasteiger partial charge in [-0.25, -0.2) is 9.78 Å². The summed E-state index contributed by atoms with van der Waals surface area (Å²) >= 11 is 1.39. The van der Waals surface area contributed by atoms with E-state index in [0.717, 1.165) is 6.42 Å². The fraction of sp³-hybridized carbons (Fsp3) is 0.615. The fourth-order valence-electron chi connectivity index (χ4n) is 1.38. The van der Waals surface area contributed by atoms with E-state index in [9.17, 15) is 9.59 Å². The molecule has 0 spiro atoms. The van der Waals surface area contributed by atoms with Gasteiger partial charge in [0.05, 0.1) is 0 Å². The number of anilines is 1. The number of aromatic nitrogens is 1. The van der Waals surface area contributed by atoms with Gasteiger partial charge in [0.15, 0.2) is 5.13 Å². The second-order valence-corrected chi connectivity index (χ2v) is 6.17.